The molecule has 1 fully saturated rings. The minimum Gasteiger partial charge on any atom is -0.378 e. The molecular weight excluding hydrogens is 392 g/mol. The van der Waals surface area contributed by atoms with Crippen molar-refractivity contribution in [3.63, 3.8) is 0 Å². The number of morpholine rings is 1. The maximum absolute atomic E-state index is 12.5. The van der Waals surface area contributed by atoms with E-state index in [4.69, 9.17) is 16.3 Å². The molecule has 1 saturated heterocycles. The number of nitro benzene ring substituents is 2. The highest BCUT2D eigenvalue weighted by molar-refractivity contribution is 6.34. The Kier molecular flexibility index (Phi) is 5.71. The van der Waals surface area contributed by atoms with Crippen LogP contribution >= 0.6 is 11.6 Å². The van der Waals surface area contributed by atoms with E-state index < -0.39 is 15.8 Å². The van der Waals surface area contributed by atoms with Crippen molar-refractivity contribution < 1.29 is 19.4 Å². The number of anilines is 2. The number of benzene rings is 2. The van der Waals surface area contributed by atoms with Crippen molar-refractivity contribution in [2.75, 3.05) is 36.5 Å². The van der Waals surface area contributed by atoms with Gasteiger partial charge in [0.05, 0.1) is 33.8 Å². The van der Waals surface area contributed by atoms with Crippen molar-refractivity contribution in [2.45, 2.75) is 0 Å². The Morgan fingerprint density at radius 1 is 1.07 bits per heavy atom. The number of nitrogens with one attached hydrogen (secondary N) is 1. The molecule has 0 aliphatic carbocycles. The highest BCUT2D eigenvalue weighted by atomic mass is 35.5. The number of carbonyl (C=O) groups is 1. The third kappa shape index (κ3) is 4.18. The molecule has 1 aliphatic rings. The average Bonchev–Trinajstić information content (AvgIpc) is 2.69. The van der Waals surface area contributed by atoms with Gasteiger partial charge in [-0.15, -0.1) is 0 Å². The number of rotatable bonds is 5. The fourth-order valence-electron chi connectivity index (χ4n) is 2.80. The normalized spacial score (nSPS) is 13.8. The molecule has 0 saturated carbocycles. The Hall–Kier alpha value is -3.24. The second-order valence-electron chi connectivity index (χ2n) is 5.94. The van der Waals surface area contributed by atoms with E-state index in [1.807, 2.05) is 4.90 Å². The van der Waals surface area contributed by atoms with Gasteiger partial charge in [0.1, 0.15) is 5.69 Å². The largest absolute Gasteiger partial charge is 0.378 e. The van der Waals surface area contributed by atoms with E-state index >= 15 is 0 Å². The lowest BCUT2D eigenvalue weighted by atomic mass is 10.1. The molecule has 10 nitrogen and oxygen atoms in total. The minimum absolute atomic E-state index is 0.0336. The minimum atomic E-state index is -0.668. The van der Waals surface area contributed by atoms with Gasteiger partial charge in [0.15, 0.2) is 0 Å². The number of ether oxygens (including phenoxy) is 1. The van der Waals surface area contributed by atoms with Crippen LogP contribution in [0, 0.1) is 20.2 Å². The molecule has 146 valence electrons. The molecule has 2 aromatic rings. The number of hydrogen-bond donors (Lipinski definition) is 1. The predicted octanol–water partition coefficient (Wildman–Crippen LogP) is 3.25. The molecule has 1 aliphatic heterocycles. The molecule has 0 spiro atoms. The van der Waals surface area contributed by atoms with Crippen LogP contribution in [0.5, 0.6) is 0 Å². The molecule has 1 amide bonds. The molecule has 0 bridgehead atoms. The van der Waals surface area contributed by atoms with Crippen LogP contribution in [-0.4, -0.2) is 42.1 Å². The fourth-order valence-corrected chi connectivity index (χ4v) is 2.96. The summed E-state index contributed by atoms with van der Waals surface area (Å²) in [5.41, 5.74) is 0.0262. The van der Waals surface area contributed by atoms with E-state index in [2.05, 4.69) is 5.32 Å². The molecule has 0 radical (unpaired) electrons. The van der Waals surface area contributed by atoms with E-state index in [0.29, 0.717) is 32.0 Å². The molecule has 0 atom stereocenters. The quantitative estimate of drug-likeness (QED) is 0.596. The highest BCUT2D eigenvalue weighted by Gasteiger charge is 2.23. The third-order valence-electron chi connectivity index (χ3n) is 4.20. The molecule has 1 N–H and O–H groups in total. The van der Waals surface area contributed by atoms with Gasteiger partial charge in [0.2, 0.25) is 0 Å². The van der Waals surface area contributed by atoms with Crippen LogP contribution in [0.4, 0.5) is 22.7 Å². The van der Waals surface area contributed by atoms with Crippen LogP contribution < -0.4 is 10.2 Å². The first kappa shape index (κ1) is 19.5. The fraction of sp³-hybridized carbons (Fsp3) is 0.235. The molecule has 0 unspecified atom stereocenters. The van der Waals surface area contributed by atoms with E-state index in [0.717, 1.165) is 6.07 Å². The second-order valence-corrected chi connectivity index (χ2v) is 6.34. The van der Waals surface area contributed by atoms with Crippen LogP contribution in [-0.2, 0) is 4.74 Å². The van der Waals surface area contributed by atoms with Gasteiger partial charge in [0.25, 0.3) is 17.3 Å². The van der Waals surface area contributed by atoms with Crippen LogP contribution in [0.3, 0.4) is 0 Å². The van der Waals surface area contributed by atoms with Gasteiger partial charge in [0, 0.05) is 36.9 Å². The Balaban J connectivity index is 1.88. The maximum Gasteiger partial charge on any atom is 0.293 e. The summed E-state index contributed by atoms with van der Waals surface area (Å²) in [6, 6.07) is 7.76. The summed E-state index contributed by atoms with van der Waals surface area (Å²) in [5.74, 6) is -0.668. The van der Waals surface area contributed by atoms with Gasteiger partial charge in [-0.05, 0) is 18.2 Å². The van der Waals surface area contributed by atoms with Crippen LogP contribution in [0.25, 0.3) is 0 Å². The average molecular weight is 407 g/mol. The van der Waals surface area contributed by atoms with Crippen molar-refractivity contribution in [3.05, 3.63) is 67.2 Å². The summed E-state index contributed by atoms with van der Waals surface area (Å²) in [6.45, 7) is 1.95. The Labute approximate surface area is 164 Å². The number of hydrogen-bond acceptors (Lipinski definition) is 7. The molecule has 28 heavy (non-hydrogen) atoms. The first-order valence-electron chi connectivity index (χ1n) is 8.23. The van der Waals surface area contributed by atoms with Crippen molar-refractivity contribution in [2.24, 2.45) is 0 Å². The monoisotopic (exact) mass is 406 g/mol. The van der Waals surface area contributed by atoms with Crippen molar-refractivity contribution >= 4 is 40.3 Å². The zero-order chi connectivity index (χ0) is 20.3. The lowest BCUT2D eigenvalue weighted by molar-refractivity contribution is -0.384. The van der Waals surface area contributed by atoms with Gasteiger partial charge in [-0.1, -0.05) is 11.6 Å². The number of nitro groups is 2. The third-order valence-corrected chi connectivity index (χ3v) is 4.52. The van der Waals surface area contributed by atoms with Crippen LogP contribution in [0.1, 0.15) is 10.4 Å². The van der Waals surface area contributed by atoms with Crippen molar-refractivity contribution in [3.8, 4) is 0 Å². The van der Waals surface area contributed by atoms with Crippen LogP contribution in [0.15, 0.2) is 36.4 Å². The van der Waals surface area contributed by atoms with Gasteiger partial charge >= 0.3 is 0 Å². The zero-order valence-electron chi connectivity index (χ0n) is 14.5. The van der Waals surface area contributed by atoms with Crippen LogP contribution in [0.2, 0.25) is 5.02 Å². The van der Waals surface area contributed by atoms with Crippen molar-refractivity contribution in [1.82, 2.24) is 0 Å². The second kappa shape index (κ2) is 8.19. The van der Waals surface area contributed by atoms with E-state index in [1.165, 1.54) is 30.3 Å². The summed E-state index contributed by atoms with van der Waals surface area (Å²) in [6.07, 6.45) is 0. The summed E-state index contributed by atoms with van der Waals surface area (Å²) >= 11 is 5.98. The summed E-state index contributed by atoms with van der Waals surface area (Å²) in [7, 11) is 0. The van der Waals surface area contributed by atoms with Gasteiger partial charge in [-0.2, -0.15) is 0 Å². The SMILES string of the molecule is O=C(Nc1cc([N+](=O)[O-])ccc1Cl)c1ccc(N2CCOCC2)c([N+](=O)[O-])c1. The summed E-state index contributed by atoms with van der Waals surface area (Å²) in [5, 5.41) is 24.9. The number of halogens is 1. The zero-order valence-corrected chi connectivity index (χ0v) is 15.2. The number of carbonyl (C=O) groups excluding carboxylic acids is 1. The Morgan fingerprint density at radius 2 is 1.79 bits per heavy atom. The number of nitrogens with zero attached hydrogens (tertiary/aromatic N) is 3. The predicted molar refractivity (Wildman–Crippen MR) is 102 cm³/mol. The Morgan fingerprint density at radius 3 is 2.43 bits per heavy atom. The molecule has 0 aromatic heterocycles. The molecular formula is C17H15ClN4O6. The number of amides is 1. The first-order chi connectivity index (χ1) is 13.4. The highest BCUT2D eigenvalue weighted by Crippen LogP contribution is 2.31. The topological polar surface area (TPSA) is 128 Å². The Bertz CT molecular complexity index is 945. The van der Waals surface area contributed by atoms with E-state index in [-0.39, 0.29) is 27.6 Å². The summed E-state index contributed by atoms with van der Waals surface area (Å²) < 4.78 is 5.25. The molecule has 11 heteroatoms. The molecule has 3 rings (SSSR count). The smallest absolute Gasteiger partial charge is 0.293 e. The van der Waals surface area contributed by atoms with E-state index in [9.17, 15) is 25.0 Å². The van der Waals surface area contributed by atoms with Gasteiger partial charge in [-0.3, -0.25) is 25.0 Å². The maximum atomic E-state index is 12.5. The number of non-ortho nitro benzene ring substituents is 1. The molecule has 1 heterocycles. The van der Waals surface area contributed by atoms with E-state index in [1.54, 1.807) is 0 Å². The van der Waals surface area contributed by atoms with Gasteiger partial charge in [-0.25, -0.2) is 0 Å². The molecule has 2 aromatic carbocycles. The summed E-state index contributed by atoms with van der Waals surface area (Å²) in [4.78, 5) is 35.5. The van der Waals surface area contributed by atoms with Gasteiger partial charge < -0.3 is 15.0 Å². The lowest BCUT2D eigenvalue weighted by Gasteiger charge is -2.28. The first-order valence-corrected chi connectivity index (χ1v) is 8.61. The van der Waals surface area contributed by atoms with Crippen molar-refractivity contribution in [1.29, 1.82) is 0 Å². The standard InChI is InChI=1S/C17H15ClN4O6/c18-13-3-2-12(21(24)25)10-14(13)19-17(23)11-1-4-15(16(9-11)22(26)27)20-5-7-28-8-6-20/h1-4,9-10H,5-8H2,(H,19,23). The lowest BCUT2D eigenvalue weighted by Crippen LogP contribution is -2.36.